The van der Waals surface area contributed by atoms with Crippen LogP contribution >= 0.6 is 0 Å². The first kappa shape index (κ1) is 25.4. The molecule has 4 nitrogen and oxygen atoms in total. The van der Waals surface area contributed by atoms with Crippen LogP contribution in [0.25, 0.3) is 0 Å². The van der Waals surface area contributed by atoms with Crippen LogP contribution in [0.4, 0.5) is 0 Å². The molecule has 1 heterocycles. The zero-order valence-corrected chi connectivity index (χ0v) is 22.2. The maximum Gasteiger partial charge on any atom is 0.250 e. The first-order valence-electron chi connectivity index (χ1n) is 12.0. The van der Waals surface area contributed by atoms with Gasteiger partial charge in [0.15, 0.2) is 5.78 Å². The van der Waals surface area contributed by atoms with Crippen LogP contribution in [-0.2, 0) is 0 Å². The zero-order chi connectivity index (χ0) is 24.2. The third kappa shape index (κ3) is 6.22. The van der Waals surface area contributed by atoms with Crippen molar-refractivity contribution in [2.45, 2.75) is 51.9 Å². The molecule has 0 spiro atoms. The van der Waals surface area contributed by atoms with Crippen LogP contribution in [0, 0.1) is 0 Å². The Morgan fingerprint density at radius 1 is 1.06 bits per heavy atom. The lowest BCUT2D eigenvalue weighted by Gasteiger charge is -2.40. The highest BCUT2D eigenvalue weighted by atomic mass is 28.4. The van der Waals surface area contributed by atoms with Crippen molar-refractivity contribution in [1.29, 1.82) is 0 Å². The van der Waals surface area contributed by atoms with Crippen molar-refractivity contribution in [1.82, 2.24) is 9.80 Å². The van der Waals surface area contributed by atoms with Crippen molar-refractivity contribution in [3.8, 4) is 5.75 Å². The monoisotopic (exact) mass is 464 g/mol. The molecule has 0 aromatic heterocycles. The minimum Gasteiger partial charge on any atom is -0.543 e. The molecule has 1 aliphatic heterocycles. The number of ketones is 1. The van der Waals surface area contributed by atoms with Gasteiger partial charge in [-0.1, -0.05) is 63.2 Å². The second-order valence-electron chi connectivity index (χ2n) is 10.6. The van der Waals surface area contributed by atoms with Crippen molar-refractivity contribution < 1.29 is 9.22 Å². The highest BCUT2D eigenvalue weighted by Gasteiger charge is 2.39. The number of hydrogen-bond acceptors (Lipinski definition) is 4. The molecular formula is C28H40N2O2Si. The molecule has 2 aromatic rings. The standard InChI is InChI=1S/C28H40N2O2Si/c1-8-16-29-17-19-30(20-18-29)27(24-14-12-23(13-15-24)22(2)31)25-10-9-11-26(21-25)32-33(6,7)28(3,4)5/h8-15,21,27H,1,16-20H2,2-7H3. The number of rotatable bonds is 8. The van der Waals surface area contributed by atoms with Crippen molar-refractivity contribution >= 4 is 14.1 Å². The first-order valence-corrected chi connectivity index (χ1v) is 14.9. The molecule has 0 amide bonds. The largest absolute Gasteiger partial charge is 0.543 e. The van der Waals surface area contributed by atoms with Gasteiger partial charge in [0.05, 0.1) is 6.04 Å². The summed E-state index contributed by atoms with van der Waals surface area (Å²) < 4.78 is 6.64. The van der Waals surface area contributed by atoms with Gasteiger partial charge in [0.1, 0.15) is 5.75 Å². The lowest BCUT2D eigenvalue weighted by Crippen LogP contribution is -2.47. The fourth-order valence-corrected chi connectivity index (χ4v) is 5.12. The number of hydrogen-bond donors (Lipinski definition) is 0. The van der Waals surface area contributed by atoms with Crippen LogP contribution in [0.2, 0.25) is 18.1 Å². The van der Waals surface area contributed by atoms with Gasteiger partial charge in [-0.15, -0.1) is 6.58 Å². The summed E-state index contributed by atoms with van der Waals surface area (Å²) in [4.78, 5) is 16.8. The van der Waals surface area contributed by atoms with Crippen molar-refractivity contribution in [3.63, 3.8) is 0 Å². The number of Topliss-reactive ketones (excluding diaryl/α,β-unsaturated/α-hetero) is 1. The molecule has 0 aliphatic carbocycles. The van der Waals surface area contributed by atoms with E-state index in [0.717, 1.165) is 44.0 Å². The van der Waals surface area contributed by atoms with E-state index in [-0.39, 0.29) is 16.9 Å². The van der Waals surface area contributed by atoms with Crippen molar-refractivity contribution in [3.05, 3.63) is 77.9 Å². The fourth-order valence-electron chi connectivity index (χ4n) is 4.10. The van der Waals surface area contributed by atoms with Gasteiger partial charge in [-0.25, -0.2) is 0 Å². The molecular weight excluding hydrogens is 424 g/mol. The van der Waals surface area contributed by atoms with Gasteiger partial charge >= 0.3 is 0 Å². The lowest BCUT2D eigenvalue weighted by atomic mass is 9.95. The highest BCUT2D eigenvalue weighted by Crippen LogP contribution is 2.38. The molecule has 1 unspecified atom stereocenters. The summed E-state index contributed by atoms with van der Waals surface area (Å²) in [5.41, 5.74) is 3.20. The molecule has 2 aromatic carbocycles. The normalized spacial score (nSPS) is 16.9. The van der Waals surface area contributed by atoms with E-state index >= 15 is 0 Å². The van der Waals surface area contributed by atoms with Gasteiger partial charge in [-0.3, -0.25) is 14.6 Å². The highest BCUT2D eigenvalue weighted by molar-refractivity contribution is 6.74. The van der Waals surface area contributed by atoms with E-state index in [9.17, 15) is 4.79 Å². The van der Waals surface area contributed by atoms with Gasteiger partial charge in [0.25, 0.3) is 0 Å². The minimum atomic E-state index is -1.93. The Hall–Kier alpha value is -2.21. The molecule has 1 saturated heterocycles. The topological polar surface area (TPSA) is 32.8 Å². The molecule has 0 N–H and O–H groups in total. The van der Waals surface area contributed by atoms with E-state index in [1.165, 1.54) is 11.1 Å². The number of benzene rings is 2. The van der Waals surface area contributed by atoms with Gasteiger partial charge in [0, 0.05) is 38.3 Å². The molecule has 1 aliphatic rings. The van der Waals surface area contributed by atoms with Crippen LogP contribution in [0.15, 0.2) is 61.2 Å². The summed E-state index contributed by atoms with van der Waals surface area (Å²) in [5, 5.41) is 0.145. The van der Waals surface area contributed by atoms with Crippen LogP contribution in [0.1, 0.15) is 55.2 Å². The van der Waals surface area contributed by atoms with E-state index in [1.54, 1.807) is 6.92 Å². The summed E-state index contributed by atoms with van der Waals surface area (Å²) in [6.07, 6.45) is 1.98. The third-order valence-corrected chi connectivity index (χ3v) is 11.5. The van der Waals surface area contributed by atoms with Gasteiger partial charge in [0.2, 0.25) is 8.32 Å². The number of nitrogens with zero attached hydrogens (tertiary/aromatic N) is 2. The molecule has 0 bridgehead atoms. The van der Waals surface area contributed by atoms with Crippen LogP contribution in [-0.4, -0.2) is 56.6 Å². The summed E-state index contributed by atoms with van der Waals surface area (Å²) in [6, 6.07) is 16.9. The number of piperazine rings is 1. The molecule has 3 rings (SSSR count). The van der Waals surface area contributed by atoms with Crippen molar-refractivity contribution in [2.24, 2.45) is 0 Å². The molecule has 0 saturated carbocycles. The molecule has 33 heavy (non-hydrogen) atoms. The Bertz CT molecular complexity index is 955. The van der Waals surface area contributed by atoms with Crippen LogP contribution in [0.3, 0.4) is 0 Å². The van der Waals surface area contributed by atoms with E-state index in [2.05, 4.69) is 86.6 Å². The van der Waals surface area contributed by atoms with Crippen LogP contribution < -0.4 is 4.43 Å². The SMILES string of the molecule is C=CCN1CCN(C(c2ccc(C(C)=O)cc2)c2cccc(O[Si](C)(C)C(C)(C)C)c2)CC1. The maximum atomic E-state index is 11.8. The molecule has 0 radical (unpaired) electrons. The van der Waals surface area contributed by atoms with E-state index in [4.69, 9.17) is 4.43 Å². The Labute approximate surface area is 201 Å². The molecule has 5 heteroatoms. The Morgan fingerprint density at radius 2 is 1.70 bits per heavy atom. The van der Waals surface area contributed by atoms with Gasteiger partial charge in [-0.05, 0) is 48.3 Å². The summed E-state index contributed by atoms with van der Waals surface area (Å²) in [5.74, 6) is 1.05. The molecule has 1 atom stereocenters. The first-order chi connectivity index (χ1) is 15.5. The summed E-state index contributed by atoms with van der Waals surface area (Å²) >= 11 is 0. The second-order valence-corrected chi connectivity index (χ2v) is 15.4. The summed E-state index contributed by atoms with van der Waals surface area (Å²) in [6.45, 7) is 21.8. The average Bonchev–Trinajstić information content (AvgIpc) is 2.75. The Balaban J connectivity index is 1.94. The number of carbonyl (C=O) groups excluding carboxylic acids is 1. The summed E-state index contributed by atoms with van der Waals surface area (Å²) in [7, 11) is -1.93. The second kappa shape index (κ2) is 10.4. The number of carbonyl (C=O) groups is 1. The maximum absolute atomic E-state index is 11.8. The van der Waals surface area contributed by atoms with Gasteiger partial charge < -0.3 is 4.43 Å². The van der Waals surface area contributed by atoms with Gasteiger partial charge in [-0.2, -0.15) is 0 Å². The van der Waals surface area contributed by atoms with Crippen molar-refractivity contribution in [2.75, 3.05) is 32.7 Å². The predicted molar refractivity (Wildman–Crippen MR) is 141 cm³/mol. The Morgan fingerprint density at radius 3 is 2.24 bits per heavy atom. The van der Waals surface area contributed by atoms with E-state index < -0.39 is 8.32 Å². The predicted octanol–water partition coefficient (Wildman–Crippen LogP) is 6.17. The lowest BCUT2D eigenvalue weighted by molar-refractivity contribution is 0.101. The van der Waals surface area contributed by atoms with Crippen LogP contribution in [0.5, 0.6) is 5.75 Å². The average molecular weight is 465 g/mol. The minimum absolute atomic E-state index is 0.0981. The Kier molecular flexibility index (Phi) is 7.99. The van der Waals surface area contributed by atoms with E-state index in [1.807, 2.05) is 18.2 Å². The molecule has 178 valence electrons. The quantitative estimate of drug-likeness (QED) is 0.266. The van der Waals surface area contributed by atoms with E-state index in [0.29, 0.717) is 0 Å². The molecule has 1 fully saturated rings. The third-order valence-electron chi connectivity index (χ3n) is 7.15. The fraction of sp³-hybridized carbons (Fsp3) is 0.464. The smallest absolute Gasteiger partial charge is 0.250 e. The zero-order valence-electron chi connectivity index (χ0n) is 21.2.